The maximum atomic E-state index is 12.3. The molecule has 3 heterocycles. The minimum atomic E-state index is -1.45. The monoisotopic (exact) mass is 411 g/mol. The van der Waals surface area contributed by atoms with Crippen molar-refractivity contribution in [2.24, 2.45) is 7.05 Å². The largest absolute Gasteiger partial charge is 0.506 e. The van der Waals surface area contributed by atoms with E-state index >= 15 is 0 Å². The highest BCUT2D eigenvalue weighted by atomic mass is 16.4. The van der Waals surface area contributed by atoms with Gasteiger partial charge in [0.15, 0.2) is 5.56 Å². The Morgan fingerprint density at radius 3 is 2.70 bits per heavy atom. The Labute approximate surface area is 173 Å². The van der Waals surface area contributed by atoms with Gasteiger partial charge in [0.25, 0.3) is 5.56 Å². The molecule has 1 aromatic carbocycles. The molecule has 3 aromatic rings. The van der Waals surface area contributed by atoms with E-state index in [4.69, 9.17) is 0 Å². The molecule has 1 saturated heterocycles. The SMILES string of the molecule is CCc1c(-c2ccc3c(c2)cc(CN2CCC(O)C2)n3C)[nH]c(=O)c(C(=O)O)c1O. The van der Waals surface area contributed by atoms with Crippen LogP contribution in [0.1, 0.15) is 35.0 Å². The number of nitrogens with zero attached hydrogens (tertiary/aromatic N) is 2. The molecule has 0 amide bonds. The zero-order valence-electron chi connectivity index (χ0n) is 17.0. The molecule has 0 radical (unpaired) electrons. The van der Waals surface area contributed by atoms with E-state index in [-0.39, 0.29) is 6.10 Å². The summed E-state index contributed by atoms with van der Waals surface area (Å²) >= 11 is 0. The summed E-state index contributed by atoms with van der Waals surface area (Å²) in [5.41, 5.74) is 2.22. The zero-order chi connectivity index (χ0) is 21.6. The summed E-state index contributed by atoms with van der Waals surface area (Å²) in [6.45, 7) is 4.07. The number of aliphatic hydroxyl groups is 1. The second-order valence-corrected chi connectivity index (χ2v) is 7.84. The molecule has 2 aromatic heterocycles. The number of pyridine rings is 1. The van der Waals surface area contributed by atoms with Crippen molar-refractivity contribution in [3.63, 3.8) is 0 Å². The van der Waals surface area contributed by atoms with Crippen LogP contribution in [0.2, 0.25) is 0 Å². The summed E-state index contributed by atoms with van der Waals surface area (Å²) in [6, 6.07) is 7.82. The maximum absolute atomic E-state index is 12.3. The maximum Gasteiger partial charge on any atom is 0.345 e. The topological polar surface area (TPSA) is 119 Å². The molecular weight excluding hydrogens is 386 g/mol. The Morgan fingerprint density at radius 2 is 2.07 bits per heavy atom. The van der Waals surface area contributed by atoms with Gasteiger partial charge in [-0.1, -0.05) is 13.0 Å². The van der Waals surface area contributed by atoms with Crippen LogP contribution in [0.4, 0.5) is 0 Å². The lowest BCUT2D eigenvalue weighted by atomic mass is 9.99. The molecule has 1 unspecified atom stereocenters. The standard InChI is InChI=1S/C22H25N3O5/c1-3-16-19(23-21(28)18(20(16)27)22(29)30)12-4-5-17-13(8-12)9-14(24(17)2)10-25-7-6-15(26)11-25/h4-5,8-9,15,26H,3,6-7,10-11H2,1-2H3,(H,29,30)(H2,23,27,28). The fourth-order valence-corrected chi connectivity index (χ4v) is 4.32. The number of nitrogens with one attached hydrogen (secondary N) is 1. The van der Waals surface area contributed by atoms with Gasteiger partial charge in [-0.15, -0.1) is 0 Å². The fourth-order valence-electron chi connectivity index (χ4n) is 4.32. The Hall–Kier alpha value is -3.10. The Balaban J connectivity index is 1.77. The molecule has 8 nitrogen and oxygen atoms in total. The van der Waals surface area contributed by atoms with Gasteiger partial charge < -0.3 is 24.9 Å². The molecule has 0 spiro atoms. The molecule has 0 saturated carbocycles. The minimum absolute atomic E-state index is 0.267. The first kappa shape index (κ1) is 20.2. The molecular formula is C22H25N3O5. The number of β-amino-alcohol motifs (C(OH)–C–C–N with tert-alkyl or cyclic N) is 1. The number of carboxylic acids is 1. The van der Waals surface area contributed by atoms with Crippen molar-refractivity contribution >= 4 is 16.9 Å². The third-order valence-electron chi connectivity index (χ3n) is 5.92. The molecule has 0 aliphatic carbocycles. The van der Waals surface area contributed by atoms with Gasteiger partial charge in [-0.25, -0.2) is 4.79 Å². The number of H-pyrrole nitrogens is 1. The van der Waals surface area contributed by atoms with E-state index in [0.717, 1.165) is 36.1 Å². The van der Waals surface area contributed by atoms with Gasteiger partial charge >= 0.3 is 5.97 Å². The van der Waals surface area contributed by atoms with E-state index < -0.39 is 22.8 Å². The lowest BCUT2D eigenvalue weighted by molar-refractivity contribution is 0.0691. The van der Waals surface area contributed by atoms with Crippen molar-refractivity contribution in [3.8, 4) is 17.0 Å². The van der Waals surface area contributed by atoms with Crippen LogP contribution in [0.3, 0.4) is 0 Å². The first-order chi connectivity index (χ1) is 14.3. The third kappa shape index (κ3) is 3.38. The van der Waals surface area contributed by atoms with E-state index in [2.05, 4.69) is 20.5 Å². The Kier molecular flexibility index (Phi) is 5.13. The number of benzene rings is 1. The summed E-state index contributed by atoms with van der Waals surface area (Å²) in [5, 5.41) is 30.4. The van der Waals surface area contributed by atoms with Gasteiger partial charge in [0, 0.05) is 48.8 Å². The quantitative estimate of drug-likeness (QED) is 0.510. The van der Waals surface area contributed by atoms with Gasteiger partial charge in [-0.3, -0.25) is 9.69 Å². The van der Waals surface area contributed by atoms with Gasteiger partial charge in [0.05, 0.1) is 11.8 Å². The molecule has 0 bridgehead atoms. The summed E-state index contributed by atoms with van der Waals surface area (Å²) in [6.07, 6.45) is 0.891. The number of aromatic nitrogens is 2. The van der Waals surface area contributed by atoms with E-state index in [9.17, 15) is 24.9 Å². The molecule has 8 heteroatoms. The molecule has 4 rings (SSSR count). The number of fused-ring (bicyclic) bond motifs is 1. The number of aliphatic hydroxyl groups excluding tert-OH is 1. The number of aromatic hydroxyl groups is 1. The molecule has 4 N–H and O–H groups in total. The van der Waals surface area contributed by atoms with E-state index in [0.29, 0.717) is 29.8 Å². The van der Waals surface area contributed by atoms with E-state index in [1.165, 1.54) is 0 Å². The van der Waals surface area contributed by atoms with Crippen LogP contribution in [0.25, 0.3) is 22.2 Å². The smallest absolute Gasteiger partial charge is 0.345 e. The number of likely N-dealkylation sites (tertiary alicyclic amines) is 1. The summed E-state index contributed by atoms with van der Waals surface area (Å²) in [7, 11) is 2.00. The van der Waals surface area contributed by atoms with Gasteiger partial charge in [0.1, 0.15) is 5.75 Å². The van der Waals surface area contributed by atoms with Crippen LogP contribution in [0.15, 0.2) is 29.1 Å². The highest BCUT2D eigenvalue weighted by Crippen LogP contribution is 2.32. The molecule has 1 aliphatic rings. The van der Waals surface area contributed by atoms with Gasteiger partial charge in [-0.05, 0) is 36.6 Å². The van der Waals surface area contributed by atoms with Crippen molar-refractivity contribution in [2.45, 2.75) is 32.4 Å². The Morgan fingerprint density at radius 1 is 1.30 bits per heavy atom. The first-order valence-corrected chi connectivity index (χ1v) is 10.0. The van der Waals surface area contributed by atoms with Crippen LogP contribution in [0, 0.1) is 0 Å². The highest BCUT2D eigenvalue weighted by molar-refractivity contribution is 5.92. The summed E-state index contributed by atoms with van der Waals surface area (Å²) in [4.78, 5) is 28.5. The second-order valence-electron chi connectivity index (χ2n) is 7.84. The molecule has 30 heavy (non-hydrogen) atoms. The number of rotatable bonds is 5. The predicted molar refractivity (Wildman–Crippen MR) is 113 cm³/mol. The predicted octanol–water partition coefficient (Wildman–Crippen LogP) is 2.07. The number of aryl methyl sites for hydroxylation is 1. The van der Waals surface area contributed by atoms with Crippen molar-refractivity contribution in [3.05, 3.63) is 51.4 Å². The van der Waals surface area contributed by atoms with Crippen molar-refractivity contribution in [1.82, 2.24) is 14.5 Å². The molecule has 1 aliphatic heterocycles. The molecule has 1 fully saturated rings. The van der Waals surface area contributed by atoms with Gasteiger partial charge in [-0.2, -0.15) is 0 Å². The lowest BCUT2D eigenvalue weighted by Gasteiger charge is -2.15. The third-order valence-corrected chi connectivity index (χ3v) is 5.92. The zero-order valence-corrected chi connectivity index (χ0v) is 17.0. The van der Waals surface area contributed by atoms with Crippen molar-refractivity contribution in [1.29, 1.82) is 0 Å². The average molecular weight is 411 g/mol. The number of carbonyl (C=O) groups is 1. The normalized spacial score (nSPS) is 17.1. The Bertz CT molecular complexity index is 1190. The number of carboxylic acid groups (broad SMARTS) is 1. The number of aromatic carboxylic acids is 1. The van der Waals surface area contributed by atoms with Crippen molar-refractivity contribution in [2.75, 3.05) is 13.1 Å². The van der Waals surface area contributed by atoms with E-state index in [1.54, 1.807) is 6.92 Å². The first-order valence-electron chi connectivity index (χ1n) is 10.0. The number of aromatic amines is 1. The van der Waals surface area contributed by atoms with E-state index in [1.807, 2.05) is 25.2 Å². The average Bonchev–Trinajstić information content (AvgIpc) is 3.24. The minimum Gasteiger partial charge on any atom is -0.506 e. The van der Waals surface area contributed by atoms with Crippen LogP contribution in [0.5, 0.6) is 5.75 Å². The van der Waals surface area contributed by atoms with Crippen molar-refractivity contribution < 1.29 is 20.1 Å². The number of hydrogen-bond acceptors (Lipinski definition) is 5. The fraction of sp³-hybridized carbons (Fsp3) is 0.364. The second kappa shape index (κ2) is 7.62. The van der Waals surface area contributed by atoms with Gasteiger partial charge in [0.2, 0.25) is 0 Å². The van der Waals surface area contributed by atoms with Crippen LogP contribution in [-0.4, -0.2) is 54.9 Å². The molecule has 158 valence electrons. The highest BCUT2D eigenvalue weighted by Gasteiger charge is 2.23. The van der Waals surface area contributed by atoms with Crippen LogP contribution < -0.4 is 5.56 Å². The summed E-state index contributed by atoms with van der Waals surface area (Å²) in [5.74, 6) is -1.93. The molecule has 1 atom stereocenters. The van der Waals surface area contributed by atoms with Crippen LogP contribution in [-0.2, 0) is 20.0 Å². The lowest BCUT2D eigenvalue weighted by Crippen LogP contribution is -2.22. The van der Waals surface area contributed by atoms with Crippen LogP contribution >= 0.6 is 0 Å². The number of hydrogen-bond donors (Lipinski definition) is 4. The summed E-state index contributed by atoms with van der Waals surface area (Å²) < 4.78 is 2.11.